The summed E-state index contributed by atoms with van der Waals surface area (Å²) in [5, 5.41) is 9.93. The minimum atomic E-state index is -3.51. The van der Waals surface area contributed by atoms with Gasteiger partial charge in [-0.05, 0) is 84.8 Å². The van der Waals surface area contributed by atoms with Crippen LogP contribution in [0.2, 0.25) is 0 Å². The molecule has 36 heavy (non-hydrogen) atoms. The molecule has 1 heterocycles. The molecular formula is C27H31Cl2N3O3S. The van der Waals surface area contributed by atoms with Crippen LogP contribution in [-0.4, -0.2) is 31.5 Å². The van der Waals surface area contributed by atoms with Gasteiger partial charge < -0.3 is 10.5 Å². The molecule has 3 aromatic carbocycles. The van der Waals surface area contributed by atoms with Crippen molar-refractivity contribution in [2.45, 2.75) is 56.6 Å². The van der Waals surface area contributed by atoms with E-state index in [0.717, 1.165) is 53.3 Å². The highest BCUT2D eigenvalue weighted by molar-refractivity contribution is 7.92. The zero-order valence-corrected chi connectivity index (χ0v) is 22.5. The van der Waals surface area contributed by atoms with E-state index in [9.17, 15) is 8.42 Å². The first-order valence-electron chi connectivity index (χ1n) is 12.1. The number of nitrogens with one attached hydrogen (secondary N) is 1. The van der Waals surface area contributed by atoms with Crippen molar-refractivity contribution in [3.8, 4) is 5.75 Å². The second kappa shape index (κ2) is 10.5. The van der Waals surface area contributed by atoms with Crippen LogP contribution in [0, 0.1) is 5.41 Å². The number of rotatable bonds is 6. The van der Waals surface area contributed by atoms with E-state index in [1.165, 1.54) is 0 Å². The first kappa shape index (κ1) is 26.6. The van der Waals surface area contributed by atoms with Gasteiger partial charge >= 0.3 is 0 Å². The molecule has 192 valence electrons. The quantitative estimate of drug-likeness (QED) is 0.227. The van der Waals surface area contributed by atoms with Crippen LogP contribution in [0.25, 0.3) is 10.8 Å². The van der Waals surface area contributed by atoms with E-state index in [4.69, 9.17) is 27.5 Å². The van der Waals surface area contributed by atoms with E-state index in [2.05, 4.69) is 0 Å². The average molecular weight is 549 g/mol. The molecule has 0 amide bonds. The van der Waals surface area contributed by atoms with Crippen LogP contribution in [0.1, 0.15) is 55.3 Å². The van der Waals surface area contributed by atoms with E-state index in [1.807, 2.05) is 54.6 Å². The van der Waals surface area contributed by atoms with Gasteiger partial charge in [0.15, 0.2) is 0 Å². The lowest BCUT2D eigenvalue weighted by atomic mass is 9.97. The van der Waals surface area contributed by atoms with Gasteiger partial charge in [-0.1, -0.05) is 24.3 Å². The Bertz CT molecular complexity index is 1390. The van der Waals surface area contributed by atoms with E-state index in [-0.39, 0.29) is 41.5 Å². The standard InChI is InChI=1S/C27H30ClN3O3S.ClH/c1-2-35(32,33)31-25-12-11-24(34-23-9-7-22(28)8-10-23)15-21(25)16-26(31)18-5-3-17-4-6-19(27(29)30)14-20(17)13-18;/h3-6,11-15,22-23,26H,2,7-10,16H2,1H3,(H3,29,30);1H. The molecule has 1 atom stereocenters. The Hall–Kier alpha value is -2.48. The maximum Gasteiger partial charge on any atom is 0.235 e. The summed E-state index contributed by atoms with van der Waals surface area (Å²) >= 11 is 6.23. The van der Waals surface area contributed by atoms with Gasteiger partial charge in [0.2, 0.25) is 10.0 Å². The molecule has 1 unspecified atom stereocenters. The molecule has 6 nitrogen and oxygen atoms in total. The van der Waals surface area contributed by atoms with Gasteiger partial charge in [-0.15, -0.1) is 24.0 Å². The van der Waals surface area contributed by atoms with Gasteiger partial charge in [-0.2, -0.15) is 0 Å². The van der Waals surface area contributed by atoms with Gasteiger partial charge in [0.25, 0.3) is 0 Å². The Balaban J connectivity index is 0.00000304. The number of hydrogen-bond acceptors (Lipinski definition) is 4. The summed E-state index contributed by atoms with van der Waals surface area (Å²) in [6.45, 7) is 1.68. The minimum Gasteiger partial charge on any atom is -0.490 e. The van der Waals surface area contributed by atoms with Crippen molar-refractivity contribution >= 4 is 56.3 Å². The monoisotopic (exact) mass is 547 g/mol. The summed E-state index contributed by atoms with van der Waals surface area (Å²) in [6, 6.07) is 17.0. The first-order valence-corrected chi connectivity index (χ1v) is 14.1. The fourth-order valence-corrected chi connectivity index (χ4v) is 6.77. The summed E-state index contributed by atoms with van der Waals surface area (Å²) in [5.74, 6) is 0.805. The lowest BCUT2D eigenvalue weighted by Crippen LogP contribution is -2.33. The molecule has 3 aromatic rings. The lowest BCUT2D eigenvalue weighted by Gasteiger charge is -2.27. The van der Waals surface area contributed by atoms with Crippen LogP contribution >= 0.6 is 24.0 Å². The average Bonchev–Trinajstić information content (AvgIpc) is 3.24. The number of nitrogens with zero attached hydrogens (tertiary/aromatic N) is 1. The highest BCUT2D eigenvalue weighted by Crippen LogP contribution is 2.44. The molecule has 2 aliphatic rings. The number of amidine groups is 1. The van der Waals surface area contributed by atoms with Crippen molar-refractivity contribution in [1.82, 2.24) is 0 Å². The predicted octanol–water partition coefficient (Wildman–Crippen LogP) is 5.93. The number of halogens is 2. The third-order valence-corrected chi connectivity index (χ3v) is 9.33. The van der Waals surface area contributed by atoms with Gasteiger partial charge in [-0.3, -0.25) is 9.71 Å². The maximum atomic E-state index is 13.2. The second-order valence-corrected chi connectivity index (χ2v) is 12.2. The number of nitrogens with two attached hydrogens (primary N) is 1. The molecule has 0 radical (unpaired) electrons. The number of hydrogen-bond donors (Lipinski definition) is 2. The van der Waals surface area contributed by atoms with Crippen LogP contribution in [0.4, 0.5) is 5.69 Å². The lowest BCUT2D eigenvalue weighted by molar-refractivity contribution is 0.156. The van der Waals surface area contributed by atoms with E-state index >= 15 is 0 Å². The minimum absolute atomic E-state index is 0. The topological polar surface area (TPSA) is 96.5 Å². The van der Waals surface area contributed by atoms with Crippen molar-refractivity contribution in [3.05, 3.63) is 71.3 Å². The Morgan fingerprint density at radius 2 is 1.78 bits per heavy atom. The molecule has 1 aliphatic carbocycles. The summed E-state index contributed by atoms with van der Waals surface area (Å²) in [7, 11) is -3.51. The fraction of sp³-hybridized carbons (Fsp3) is 0.370. The number of alkyl halides is 1. The van der Waals surface area contributed by atoms with E-state index in [0.29, 0.717) is 17.7 Å². The van der Waals surface area contributed by atoms with Crippen molar-refractivity contribution in [2.75, 3.05) is 10.1 Å². The smallest absolute Gasteiger partial charge is 0.235 e. The van der Waals surface area contributed by atoms with Crippen LogP contribution < -0.4 is 14.8 Å². The van der Waals surface area contributed by atoms with Gasteiger partial charge in [0, 0.05) is 17.4 Å². The van der Waals surface area contributed by atoms with Crippen LogP contribution in [0.3, 0.4) is 0 Å². The zero-order chi connectivity index (χ0) is 24.7. The van der Waals surface area contributed by atoms with Crippen molar-refractivity contribution < 1.29 is 13.2 Å². The Kier molecular flexibility index (Phi) is 7.74. The number of ether oxygens (including phenoxy) is 1. The normalized spacial score (nSPS) is 21.6. The summed E-state index contributed by atoms with van der Waals surface area (Å²) in [5.41, 5.74) is 8.92. The van der Waals surface area contributed by atoms with Crippen molar-refractivity contribution in [3.63, 3.8) is 0 Å². The zero-order valence-electron chi connectivity index (χ0n) is 20.1. The number of benzene rings is 3. The van der Waals surface area contributed by atoms with Gasteiger partial charge in [-0.25, -0.2) is 8.42 Å². The third kappa shape index (κ3) is 5.15. The molecule has 0 spiro atoms. The largest absolute Gasteiger partial charge is 0.490 e. The van der Waals surface area contributed by atoms with Crippen LogP contribution in [-0.2, 0) is 16.4 Å². The third-order valence-electron chi connectivity index (χ3n) is 7.12. The summed E-state index contributed by atoms with van der Waals surface area (Å²) in [6.07, 6.45) is 4.49. The highest BCUT2D eigenvalue weighted by atomic mass is 35.5. The van der Waals surface area contributed by atoms with Crippen molar-refractivity contribution in [1.29, 1.82) is 5.41 Å². The maximum absolute atomic E-state index is 13.2. The molecule has 1 aliphatic heterocycles. The molecule has 3 N–H and O–H groups in total. The molecule has 0 aromatic heterocycles. The van der Waals surface area contributed by atoms with Crippen molar-refractivity contribution in [2.24, 2.45) is 5.73 Å². The van der Waals surface area contributed by atoms with Gasteiger partial charge in [0.1, 0.15) is 11.6 Å². The predicted molar refractivity (Wildman–Crippen MR) is 150 cm³/mol. The molecule has 0 saturated heterocycles. The fourth-order valence-electron chi connectivity index (χ4n) is 5.18. The molecule has 5 rings (SSSR count). The number of sulfonamides is 1. The molecule has 9 heteroatoms. The van der Waals surface area contributed by atoms with Gasteiger partial charge in [0.05, 0.1) is 23.6 Å². The SMILES string of the molecule is CCS(=O)(=O)N1c2ccc(OC3CCC(Cl)CC3)cc2CC1c1ccc2ccc(C(=N)N)cc2c1.Cl. The van der Waals surface area contributed by atoms with E-state index < -0.39 is 10.0 Å². The molecular weight excluding hydrogens is 517 g/mol. The number of anilines is 1. The second-order valence-electron chi connectivity index (χ2n) is 9.43. The molecule has 0 bridgehead atoms. The molecule has 1 fully saturated rings. The molecule has 1 saturated carbocycles. The first-order chi connectivity index (χ1) is 16.7. The Morgan fingerprint density at radius 1 is 1.06 bits per heavy atom. The van der Waals surface area contributed by atoms with Crippen LogP contribution in [0.5, 0.6) is 5.75 Å². The highest BCUT2D eigenvalue weighted by Gasteiger charge is 2.38. The Morgan fingerprint density at radius 3 is 2.47 bits per heavy atom. The van der Waals surface area contributed by atoms with Crippen LogP contribution in [0.15, 0.2) is 54.6 Å². The summed E-state index contributed by atoms with van der Waals surface area (Å²) in [4.78, 5) is 0. The number of nitrogen functional groups attached to an aromatic ring is 1. The summed E-state index contributed by atoms with van der Waals surface area (Å²) < 4.78 is 34.3. The Labute approximate surface area is 223 Å². The number of fused-ring (bicyclic) bond motifs is 2. The van der Waals surface area contributed by atoms with E-state index in [1.54, 1.807) is 11.2 Å².